The molecular formula is C25H34N4O3S. The molecule has 0 radical (unpaired) electrons. The van der Waals surface area contributed by atoms with Gasteiger partial charge in [0.15, 0.2) is 17.3 Å². The average molecular weight is 471 g/mol. The van der Waals surface area contributed by atoms with E-state index in [-0.39, 0.29) is 17.2 Å². The van der Waals surface area contributed by atoms with E-state index in [0.29, 0.717) is 30.5 Å². The van der Waals surface area contributed by atoms with Crippen molar-refractivity contribution in [2.24, 2.45) is 5.41 Å². The zero-order chi connectivity index (χ0) is 23.6. The fraction of sp³-hybridized carbons (Fsp3) is 0.560. The molecule has 2 heterocycles. The maximum Gasteiger partial charge on any atom is 0.227 e. The molecule has 0 unspecified atom stereocenters. The number of ketones is 1. The summed E-state index contributed by atoms with van der Waals surface area (Å²) in [6.45, 7) is 8.98. The lowest BCUT2D eigenvalue weighted by Gasteiger charge is -2.38. The van der Waals surface area contributed by atoms with Gasteiger partial charge >= 0.3 is 0 Å². The highest BCUT2D eigenvalue weighted by Crippen LogP contribution is 2.46. The summed E-state index contributed by atoms with van der Waals surface area (Å²) < 4.78 is 13.2. The van der Waals surface area contributed by atoms with E-state index in [0.717, 1.165) is 40.6 Å². The van der Waals surface area contributed by atoms with Crippen molar-refractivity contribution in [2.75, 3.05) is 24.8 Å². The first-order valence-corrected chi connectivity index (χ1v) is 12.8. The molecule has 0 fully saturated rings. The van der Waals surface area contributed by atoms with Crippen molar-refractivity contribution >= 4 is 23.5 Å². The second-order valence-corrected chi connectivity index (χ2v) is 10.5. The Morgan fingerprint density at radius 3 is 2.76 bits per heavy atom. The summed E-state index contributed by atoms with van der Waals surface area (Å²) in [6, 6.07) is 5.52. The van der Waals surface area contributed by atoms with Crippen molar-refractivity contribution in [1.82, 2.24) is 14.8 Å². The van der Waals surface area contributed by atoms with E-state index in [2.05, 4.69) is 26.1 Å². The molecule has 8 heteroatoms. The van der Waals surface area contributed by atoms with Gasteiger partial charge in [-0.1, -0.05) is 51.4 Å². The van der Waals surface area contributed by atoms with Crippen molar-refractivity contribution in [3.05, 3.63) is 35.0 Å². The van der Waals surface area contributed by atoms with Crippen LogP contribution in [0.3, 0.4) is 0 Å². The van der Waals surface area contributed by atoms with E-state index < -0.39 is 0 Å². The van der Waals surface area contributed by atoms with Gasteiger partial charge in [0.1, 0.15) is 6.04 Å². The van der Waals surface area contributed by atoms with E-state index in [1.54, 1.807) is 18.9 Å². The number of ether oxygens (including phenoxy) is 2. The molecule has 4 rings (SSSR count). The molecule has 1 aliphatic carbocycles. The van der Waals surface area contributed by atoms with Crippen LogP contribution in [0.5, 0.6) is 11.5 Å². The first-order valence-electron chi connectivity index (χ1n) is 11.8. The van der Waals surface area contributed by atoms with Gasteiger partial charge in [-0.05, 0) is 42.9 Å². The maximum absolute atomic E-state index is 13.4. The Morgan fingerprint density at radius 1 is 1.21 bits per heavy atom. The number of unbranched alkanes of at least 4 members (excludes halogenated alkanes) is 2. The summed E-state index contributed by atoms with van der Waals surface area (Å²) in [6.07, 6.45) is 4.84. The molecule has 1 N–H and O–H groups in total. The quantitative estimate of drug-likeness (QED) is 0.376. The number of hydrogen-bond acceptors (Lipinski definition) is 7. The Hall–Kier alpha value is -2.48. The smallest absolute Gasteiger partial charge is 0.227 e. The first-order chi connectivity index (χ1) is 15.9. The number of nitrogens with zero attached hydrogens (tertiary/aromatic N) is 3. The van der Waals surface area contributed by atoms with Crippen LogP contribution in [0.15, 0.2) is 34.6 Å². The number of carbonyl (C=O) groups is 1. The van der Waals surface area contributed by atoms with Crippen LogP contribution in [0.1, 0.15) is 71.4 Å². The molecular weight excluding hydrogens is 436 g/mol. The monoisotopic (exact) mass is 470 g/mol. The zero-order valence-electron chi connectivity index (χ0n) is 20.2. The van der Waals surface area contributed by atoms with Crippen molar-refractivity contribution in [3.63, 3.8) is 0 Å². The largest absolute Gasteiger partial charge is 0.493 e. The standard InChI is InChI=1S/C25H34N4O3S/c1-6-8-9-12-33-24-27-23-26-17-14-25(3,4)15-18(30)21(17)22(29(23)28-24)16-10-11-19(32-7-2)20(13-16)31-5/h10-11,13,22H,6-9,12,14-15H2,1-5H3,(H,26,27,28)/t22-/m0/s1. The number of thioether (sulfide) groups is 1. The van der Waals surface area contributed by atoms with Gasteiger partial charge in [0.25, 0.3) is 0 Å². The van der Waals surface area contributed by atoms with Gasteiger partial charge in [0.05, 0.1) is 13.7 Å². The fourth-order valence-electron chi connectivity index (χ4n) is 4.60. The number of benzene rings is 1. The maximum atomic E-state index is 13.4. The molecule has 0 amide bonds. The van der Waals surface area contributed by atoms with Crippen LogP contribution >= 0.6 is 11.8 Å². The zero-order valence-corrected chi connectivity index (χ0v) is 21.1. The number of rotatable bonds is 9. The lowest BCUT2D eigenvalue weighted by Crippen LogP contribution is -2.36. The summed E-state index contributed by atoms with van der Waals surface area (Å²) in [7, 11) is 1.63. The van der Waals surface area contributed by atoms with Crippen molar-refractivity contribution in [3.8, 4) is 11.5 Å². The molecule has 0 bridgehead atoms. The molecule has 0 spiro atoms. The predicted octanol–water partition coefficient (Wildman–Crippen LogP) is 5.63. The Kier molecular flexibility index (Phi) is 7.02. The second kappa shape index (κ2) is 9.79. The molecule has 0 saturated heterocycles. The van der Waals surface area contributed by atoms with Crippen LogP contribution < -0.4 is 14.8 Å². The number of hydrogen-bond donors (Lipinski definition) is 1. The van der Waals surface area contributed by atoms with Crippen molar-refractivity contribution < 1.29 is 14.3 Å². The fourth-order valence-corrected chi connectivity index (χ4v) is 5.43. The normalized spacial score (nSPS) is 19.1. The van der Waals surface area contributed by atoms with E-state index in [1.807, 2.05) is 29.8 Å². The third kappa shape index (κ3) is 4.90. The molecule has 1 atom stereocenters. The third-order valence-corrected chi connectivity index (χ3v) is 7.02. The molecule has 33 heavy (non-hydrogen) atoms. The number of allylic oxidation sites excluding steroid dienone is 2. The van der Waals surface area contributed by atoms with Crippen LogP contribution in [-0.2, 0) is 4.79 Å². The molecule has 2 aliphatic rings. The topological polar surface area (TPSA) is 78.3 Å². The van der Waals surface area contributed by atoms with Gasteiger partial charge in [-0.25, -0.2) is 4.68 Å². The number of nitrogens with one attached hydrogen (secondary N) is 1. The second-order valence-electron chi connectivity index (χ2n) is 9.42. The Morgan fingerprint density at radius 2 is 2.03 bits per heavy atom. The van der Waals surface area contributed by atoms with Gasteiger partial charge in [-0.15, -0.1) is 5.10 Å². The van der Waals surface area contributed by atoms with E-state index in [4.69, 9.17) is 19.6 Å². The lowest BCUT2D eigenvalue weighted by molar-refractivity contribution is -0.118. The summed E-state index contributed by atoms with van der Waals surface area (Å²) in [5.41, 5.74) is 2.58. The number of methoxy groups -OCH3 is 1. The average Bonchev–Trinajstić information content (AvgIpc) is 3.17. The Balaban J connectivity index is 1.76. The lowest BCUT2D eigenvalue weighted by atomic mass is 9.73. The summed E-state index contributed by atoms with van der Waals surface area (Å²) >= 11 is 1.67. The van der Waals surface area contributed by atoms with E-state index in [1.165, 1.54) is 12.8 Å². The van der Waals surface area contributed by atoms with Crippen molar-refractivity contribution in [2.45, 2.75) is 71.0 Å². The van der Waals surface area contributed by atoms with Crippen LogP contribution in [0.4, 0.5) is 5.95 Å². The SMILES string of the molecule is CCCCCSc1nc2n(n1)[C@@H](c1ccc(OCC)c(OC)c1)C1=C(CC(C)(C)CC1=O)N2. The molecule has 2 aromatic rings. The highest BCUT2D eigenvalue weighted by Gasteiger charge is 2.42. The summed E-state index contributed by atoms with van der Waals surface area (Å²) in [5, 5.41) is 9.01. The Labute approximate surface area is 200 Å². The van der Waals surface area contributed by atoms with Gasteiger partial charge < -0.3 is 14.8 Å². The summed E-state index contributed by atoms with van der Waals surface area (Å²) in [5.74, 6) is 3.17. The van der Waals surface area contributed by atoms with Crippen LogP contribution in [-0.4, -0.2) is 40.0 Å². The molecule has 0 saturated carbocycles. The minimum atomic E-state index is -0.345. The van der Waals surface area contributed by atoms with E-state index >= 15 is 0 Å². The number of fused-ring (bicyclic) bond motifs is 1. The Bertz CT molecular complexity index is 1060. The highest BCUT2D eigenvalue weighted by atomic mass is 32.2. The van der Waals surface area contributed by atoms with E-state index in [9.17, 15) is 4.79 Å². The molecule has 178 valence electrons. The van der Waals surface area contributed by atoms with Crippen molar-refractivity contribution in [1.29, 1.82) is 0 Å². The number of aromatic nitrogens is 3. The number of Topliss-reactive ketones (excluding diaryl/α,β-unsaturated/α-hetero) is 1. The van der Waals surface area contributed by atoms with Gasteiger partial charge in [0, 0.05) is 23.4 Å². The van der Waals surface area contributed by atoms with Crippen LogP contribution in [0.2, 0.25) is 0 Å². The molecule has 1 aromatic heterocycles. The molecule has 1 aromatic carbocycles. The highest BCUT2D eigenvalue weighted by molar-refractivity contribution is 7.99. The van der Waals surface area contributed by atoms with Gasteiger partial charge in [-0.3, -0.25) is 4.79 Å². The predicted molar refractivity (Wildman–Crippen MR) is 131 cm³/mol. The third-order valence-electron chi connectivity index (χ3n) is 6.09. The minimum Gasteiger partial charge on any atom is -0.493 e. The van der Waals surface area contributed by atoms with Crippen LogP contribution in [0, 0.1) is 5.41 Å². The van der Waals surface area contributed by atoms with Gasteiger partial charge in [0.2, 0.25) is 11.1 Å². The van der Waals surface area contributed by atoms with Gasteiger partial charge in [-0.2, -0.15) is 4.98 Å². The summed E-state index contributed by atoms with van der Waals surface area (Å²) in [4.78, 5) is 18.2. The molecule has 7 nitrogen and oxygen atoms in total. The molecule has 1 aliphatic heterocycles. The number of anilines is 1. The first kappa shape index (κ1) is 23.7. The number of carbonyl (C=O) groups excluding carboxylic acids is 1. The van der Waals surface area contributed by atoms with Crippen LogP contribution in [0.25, 0.3) is 0 Å². The minimum absolute atomic E-state index is 0.0933.